The number of anilines is 1. The van der Waals surface area contributed by atoms with Gasteiger partial charge in [0.2, 0.25) is 5.89 Å². The Kier molecular flexibility index (Phi) is 5.38. The first kappa shape index (κ1) is 20.5. The van der Waals surface area contributed by atoms with Gasteiger partial charge in [-0.15, -0.1) is 0 Å². The molecule has 0 bridgehead atoms. The molecule has 1 heterocycles. The van der Waals surface area contributed by atoms with Gasteiger partial charge in [-0.2, -0.15) is 4.98 Å². The van der Waals surface area contributed by atoms with Gasteiger partial charge in [-0.05, 0) is 50.2 Å². The summed E-state index contributed by atoms with van der Waals surface area (Å²) >= 11 is 0. The number of hydrogen-bond donors (Lipinski definition) is 2. The first-order chi connectivity index (χ1) is 13.6. The van der Waals surface area contributed by atoms with Crippen LogP contribution in [0.1, 0.15) is 35.9 Å². The molecule has 0 radical (unpaired) electrons. The van der Waals surface area contributed by atoms with E-state index >= 15 is 0 Å². The number of nitrogens with zero attached hydrogens (tertiary/aromatic N) is 2. The largest absolute Gasteiger partial charge is 0.340 e. The van der Waals surface area contributed by atoms with Crippen LogP contribution in [-0.4, -0.2) is 24.5 Å². The number of rotatable bonds is 6. The predicted molar refractivity (Wildman–Crippen MR) is 103 cm³/mol. The van der Waals surface area contributed by atoms with Crippen LogP contribution in [0.4, 0.5) is 10.1 Å². The zero-order valence-corrected chi connectivity index (χ0v) is 16.7. The molecule has 2 N–H and O–H groups in total. The molecule has 3 aromatic rings. The van der Waals surface area contributed by atoms with E-state index in [1.807, 2.05) is 0 Å². The third kappa shape index (κ3) is 4.60. The van der Waals surface area contributed by atoms with Crippen molar-refractivity contribution in [3.05, 3.63) is 71.6 Å². The van der Waals surface area contributed by atoms with E-state index in [2.05, 4.69) is 20.2 Å². The quantitative estimate of drug-likeness (QED) is 0.636. The molecule has 152 valence electrons. The summed E-state index contributed by atoms with van der Waals surface area (Å²) in [6.45, 7) is 5.07. The number of sulfonamides is 1. The lowest BCUT2D eigenvalue weighted by molar-refractivity contribution is 0.0907. The van der Waals surface area contributed by atoms with Crippen LogP contribution in [0.25, 0.3) is 0 Å². The SMILES string of the molecule is Cc1nc(C(C)(C)NC(=O)c2ccc(S(=O)(=O)Nc3ccccc3F)cc2)no1. The van der Waals surface area contributed by atoms with Crippen molar-refractivity contribution in [2.45, 2.75) is 31.2 Å². The number of halogens is 1. The molecule has 29 heavy (non-hydrogen) atoms. The monoisotopic (exact) mass is 418 g/mol. The average molecular weight is 418 g/mol. The van der Waals surface area contributed by atoms with Crippen LogP contribution in [0.5, 0.6) is 0 Å². The van der Waals surface area contributed by atoms with E-state index in [0.29, 0.717) is 11.7 Å². The highest BCUT2D eigenvalue weighted by Gasteiger charge is 2.29. The van der Waals surface area contributed by atoms with Crippen LogP contribution in [0.2, 0.25) is 0 Å². The molecule has 10 heteroatoms. The summed E-state index contributed by atoms with van der Waals surface area (Å²) in [7, 11) is -4.01. The van der Waals surface area contributed by atoms with Crippen molar-refractivity contribution in [1.82, 2.24) is 15.5 Å². The Morgan fingerprint density at radius 2 is 1.76 bits per heavy atom. The van der Waals surface area contributed by atoms with Crippen molar-refractivity contribution in [2.75, 3.05) is 4.72 Å². The molecular formula is C19H19FN4O4S. The standard InChI is InChI=1S/C19H19FN4O4S/c1-12-21-18(23-28-12)19(2,3)22-17(25)13-8-10-14(11-9-13)29(26,27)24-16-7-5-4-6-15(16)20/h4-11,24H,1-3H3,(H,22,25). The number of hydrogen-bond acceptors (Lipinski definition) is 6. The van der Waals surface area contributed by atoms with E-state index in [4.69, 9.17) is 4.52 Å². The maximum Gasteiger partial charge on any atom is 0.261 e. The molecule has 0 atom stereocenters. The van der Waals surface area contributed by atoms with Gasteiger partial charge in [0.05, 0.1) is 16.1 Å². The molecule has 0 aliphatic carbocycles. The van der Waals surface area contributed by atoms with Crippen LogP contribution in [-0.2, 0) is 15.6 Å². The second kappa shape index (κ2) is 7.63. The normalized spacial score (nSPS) is 11.9. The van der Waals surface area contributed by atoms with Gasteiger partial charge in [-0.1, -0.05) is 17.3 Å². The van der Waals surface area contributed by atoms with Crippen LogP contribution in [0.15, 0.2) is 57.9 Å². The smallest absolute Gasteiger partial charge is 0.261 e. The number of para-hydroxylation sites is 1. The third-order valence-electron chi connectivity index (χ3n) is 4.06. The van der Waals surface area contributed by atoms with Gasteiger partial charge >= 0.3 is 0 Å². The molecule has 0 saturated heterocycles. The van der Waals surface area contributed by atoms with Gasteiger partial charge in [-0.25, -0.2) is 12.8 Å². The zero-order valence-electron chi connectivity index (χ0n) is 15.9. The Bertz CT molecular complexity index is 1140. The second-order valence-electron chi connectivity index (χ2n) is 6.83. The zero-order chi connectivity index (χ0) is 21.2. The minimum atomic E-state index is -4.01. The van der Waals surface area contributed by atoms with Crippen LogP contribution in [0, 0.1) is 12.7 Å². The Labute approximate surface area is 167 Å². The predicted octanol–water partition coefficient (Wildman–Crippen LogP) is 2.98. The second-order valence-corrected chi connectivity index (χ2v) is 8.51. The lowest BCUT2D eigenvalue weighted by Gasteiger charge is -2.22. The fraction of sp³-hybridized carbons (Fsp3) is 0.211. The Balaban J connectivity index is 1.75. The summed E-state index contributed by atoms with van der Waals surface area (Å²) in [6.07, 6.45) is 0. The van der Waals surface area contributed by atoms with Gasteiger partial charge in [0.15, 0.2) is 5.82 Å². The molecule has 1 amide bonds. The maximum absolute atomic E-state index is 13.7. The van der Waals surface area contributed by atoms with E-state index in [1.165, 1.54) is 42.5 Å². The highest BCUT2D eigenvalue weighted by Crippen LogP contribution is 2.20. The minimum Gasteiger partial charge on any atom is -0.340 e. The molecule has 3 rings (SSSR count). The molecule has 8 nitrogen and oxygen atoms in total. The van der Waals surface area contributed by atoms with E-state index in [0.717, 1.165) is 6.07 Å². The lowest BCUT2D eigenvalue weighted by atomic mass is 10.0. The molecule has 0 saturated carbocycles. The summed E-state index contributed by atoms with van der Waals surface area (Å²) in [5.41, 5.74) is -0.819. The highest BCUT2D eigenvalue weighted by molar-refractivity contribution is 7.92. The van der Waals surface area contributed by atoms with E-state index in [1.54, 1.807) is 20.8 Å². The molecule has 0 aliphatic heterocycles. The van der Waals surface area contributed by atoms with Crippen LogP contribution < -0.4 is 10.0 Å². The number of amides is 1. The molecule has 0 unspecified atom stereocenters. The number of carbonyl (C=O) groups excluding carboxylic acids is 1. The molecular weight excluding hydrogens is 399 g/mol. The van der Waals surface area contributed by atoms with Crippen molar-refractivity contribution in [2.24, 2.45) is 0 Å². The van der Waals surface area contributed by atoms with Crippen molar-refractivity contribution in [3.8, 4) is 0 Å². The fourth-order valence-electron chi connectivity index (χ4n) is 2.50. The Morgan fingerprint density at radius 3 is 2.34 bits per heavy atom. The van der Waals surface area contributed by atoms with Gasteiger partial charge in [0.25, 0.3) is 15.9 Å². The summed E-state index contributed by atoms with van der Waals surface area (Å²) in [5, 5.41) is 6.58. The van der Waals surface area contributed by atoms with Gasteiger partial charge in [-0.3, -0.25) is 9.52 Å². The number of aromatic nitrogens is 2. The molecule has 2 aromatic carbocycles. The summed E-state index contributed by atoms with van der Waals surface area (Å²) < 4.78 is 45.7. The van der Waals surface area contributed by atoms with Gasteiger partial charge < -0.3 is 9.84 Å². The first-order valence-electron chi connectivity index (χ1n) is 8.59. The Morgan fingerprint density at radius 1 is 1.10 bits per heavy atom. The third-order valence-corrected chi connectivity index (χ3v) is 5.44. The number of nitrogens with one attached hydrogen (secondary N) is 2. The average Bonchev–Trinajstić information content (AvgIpc) is 3.11. The topological polar surface area (TPSA) is 114 Å². The minimum absolute atomic E-state index is 0.106. The number of carbonyl (C=O) groups is 1. The number of aryl methyl sites for hydroxylation is 1. The van der Waals surface area contributed by atoms with Gasteiger partial charge in [0, 0.05) is 12.5 Å². The highest BCUT2D eigenvalue weighted by atomic mass is 32.2. The van der Waals surface area contributed by atoms with E-state index < -0.39 is 27.3 Å². The molecule has 0 spiro atoms. The molecule has 0 aliphatic rings. The van der Waals surface area contributed by atoms with Crippen molar-refractivity contribution >= 4 is 21.6 Å². The first-order valence-corrected chi connectivity index (χ1v) is 10.1. The van der Waals surface area contributed by atoms with Crippen LogP contribution in [0.3, 0.4) is 0 Å². The fourth-order valence-corrected chi connectivity index (χ4v) is 3.57. The van der Waals surface area contributed by atoms with E-state index in [9.17, 15) is 17.6 Å². The molecule has 0 fully saturated rings. The van der Waals surface area contributed by atoms with Crippen molar-refractivity contribution < 1.29 is 22.1 Å². The number of benzene rings is 2. The Hall–Kier alpha value is -3.27. The summed E-state index contributed by atoms with van der Waals surface area (Å²) in [4.78, 5) is 16.5. The van der Waals surface area contributed by atoms with E-state index in [-0.39, 0.29) is 16.1 Å². The molecule has 1 aromatic heterocycles. The lowest BCUT2D eigenvalue weighted by Crippen LogP contribution is -2.41. The van der Waals surface area contributed by atoms with Crippen molar-refractivity contribution in [1.29, 1.82) is 0 Å². The summed E-state index contributed by atoms with van der Waals surface area (Å²) in [5.74, 6) is -0.439. The summed E-state index contributed by atoms with van der Waals surface area (Å²) in [6, 6.07) is 10.7. The van der Waals surface area contributed by atoms with Crippen LogP contribution >= 0.6 is 0 Å². The van der Waals surface area contributed by atoms with Crippen molar-refractivity contribution in [3.63, 3.8) is 0 Å². The maximum atomic E-state index is 13.7. The van der Waals surface area contributed by atoms with Gasteiger partial charge in [0.1, 0.15) is 5.82 Å².